The number of benzene rings is 1. The predicted molar refractivity (Wildman–Crippen MR) is 132 cm³/mol. The minimum absolute atomic E-state index is 0.0325. The molecule has 180 valence electrons. The number of imidazole rings is 1. The van der Waals surface area contributed by atoms with E-state index in [1.54, 1.807) is 29.4 Å². The fourth-order valence-corrected chi connectivity index (χ4v) is 3.88. The molecular formula is C23H34Cl3N3O3. The van der Waals surface area contributed by atoms with E-state index in [-0.39, 0.29) is 18.7 Å². The summed E-state index contributed by atoms with van der Waals surface area (Å²) in [6.07, 6.45) is 10.9. The van der Waals surface area contributed by atoms with E-state index in [4.69, 9.17) is 39.5 Å². The van der Waals surface area contributed by atoms with Crippen molar-refractivity contribution in [3.63, 3.8) is 0 Å². The number of rotatable bonds is 11. The van der Waals surface area contributed by atoms with Gasteiger partial charge in [0.15, 0.2) is 5.75 Å². The first-order chi connectivity index (χ1) is 15.3. The third-order valence-corrected chi connectivity index (χ3v) is 5.35. The van der Waals surface area contributed by atoms with Crippen molar-refractivity contribution in [2.75, 3.05) is 19.7 Å². The number of aromatic nitrogens is 2. The molecule has 1 aromatic carbocycles. The maximum Gasteiger partial charge on any atom is 0.329 e. The fourth-order valence-electron chi connectivity index (χ4n) is 2.95. The molecule has 0 radical (unpaired) electrons. The maximum absolute atomic E-state index is 12.3. The largest absolute Gasteiger partial charge is 0.489 e. The third kappa shape index (κ3) is 10.4. The van der Waals surface area contributed by atoms with Crippen molar-refractivity contribution in [3.05, 3.63) is 45.9 Å². The van der Waals surface area contributed by atoms with Crippen LogP contribution in [0.5, 0.6) is 5.75 Å². The first-order valence-electron chi connectivity index (χ1n) is 11.1. The fraction of sp³-hybridized carbons (Fsp3) is 0.565. The van der Waals surface area contributed by atoms with Gasteiger partial charge < -0.3 is 14.7 Å². The summed E-state index contributed by atoms with van der Waals surface area (Å²) in [5, 5.41) is 10.3. The highest BCUT2D eigenvalue weighted by Gasteiger charge is 2.15. The van der Waals surface area contributed by atoms with E-state index in [2.05, 4.69) is 18.8 Å². The van der Waals surface area contributed by atoms with Gasteiger partial charge in [-0.15, -0.1) is 0 Å². The van der Waals surface area contributed by atoms with E-state index in [9.17, 15) is 9.90 Å². The van der Waals surface area contributed by atoms with Gasteiger partial charge in [-0.1, -0.05) is 74.8 Å². The van der Waals surface area contributed by atoms with E-state index >= 15 is 0 Å². The third-order valence-electron chi connectivity index (χ3n) is 4.57. The summed E-state index contributed by atoms with van der Waals surface area (Å²) < 4.78 is 7.05. The number of nitrogens with zero attached hydrogens (tertiary/aromatic N) is 3. The molecule has 1 amide bonds. The van der Waals surface area contributed by atoms with E-state index in [0.717, 1.165) is 25.7 Å². The number of hydrogen-bond donors (Lipinski definition) is 1. The van der Waals surface area contributed by atoms with Crippen LogP contribution >= 0.6 is 34.8 Å². The summed E-state index contributed by atoms with van der Waals surface area (Å²) in [5.74, 6) is 0.365. The zero-order valence-corrected chi connectivity index (χ0v) is 21.3. The number of carbonyl (C=O) groups is 1. The SMILES string of the molecule is CCCCC(O)CCC.CCCN(CCOc1c(Cl)cc(Cl)cc1Cl)C(=O)n1ccnc1. The van der Waals surface area contributed by atoms with Crippen molar-refractivity contribution in [2.24, 2.45) is 0 Å². The minimum atomic E-state index is -0.152. The summed E-state index contributed by atoms with van der Waals surface area (Å²) in [6, 6.07) is 2.97. The molecule has 0 spiro atoms. The number of carbonyl (C=O) groups excluding carboxylic acids is 1. The Balaban J connectivity index is 0.000000482. The molecule has 1 aromatic heterocycles. The lowest BCUT2D eigenvalue weighted by atomic mass is 10.1. The number of aliphatic hydroxyl groups is 1. The number of unbranched alkanes of at least 4 members (excludes halogenated alkanes) is 1. The Labute approximate surface area is 206 Å². The topological polar surface area (TPSA) is 67.6 Å². The Morgan fingerprint density at radius 3 is 2.31 bits per heavy atom. The molecule has 0 aliphatic rings. The molecule has 0 fully saturated rings. The molecule has 0 saturated heterocycles. The second-order valence-corrected chi connectivity index (χ2v) is 8.62. The standard InChI is InChI=1S/C15H16Cl3N3O2.C8H18O/c1-2-4-20(15(22)21-5-3-19-10-21)6-7-23-14-12(17)8-11(16)9-13(14)18;1-3-5-7-8(9)6-4-2/h3,5,8-10H,2,4,6-7H2,1H3;8-9H,3-7H2,1-2H3. The smallest absolute Gasteiger partial charge is 0.329 e. The lowest BCUT2D eigenvalue weighted by Gasteiger charge is -2.22. The van der Waals surface area contributed by atoms with Crippen LogP contribution in [0.3, 0.4) is 0 Å². The van der Waals surface area contributed by atoms with Gasteiger partial charge in [0.05, 0.1) is 22.7 Å². The lowest BCUT2D eigenvalue weighted by Crippen LogP contribution is -2.37. The van der Waals surface area contributed by atoms with Crippen molar-refractivity contribution < 1.29 is 14.6 Å². The van der Waals surface area contributed by atoms with Crippen molar-refractivity contribution in [1.82, 2.24) is 14.5 Å². The van der Waals surface area contributed by atoms with Crippen LogP contribution in [-0.2, 0) is 0 Å². The van der Waals surface area contributed by atoms with E-state index < -0.39 is 0 Å². The van der Waals surface area contributed by atoms with Crippen LogP contribution in [-0.4, -0.2) is 51.4 Å². The summed E-state index contributed by atoms with van der Waals surface area (Å²) in [4.78, 5) is 17.9. The Bertz CT molecular complexity index is 765. The van der Waals surface area contributed by atoms with Gasteiger partial charge in [-0.3, -0.25) is 4.57 Å². The zero-order chi connectivity index (χ0) is 23.9. The van der Waals surface area contributed by atoms with Gasteiger partial charge in [-0.25, -0.2) is 9.78 Å². The highest BCUT2D eigenvalue weighted by molar-refractivity contribution is 6.40. The molecule has 1 unspecified atom stereocenters. The van der Waals surface area contributed by atoms with E-state index in [0.29, 0.717) is 33.9 Å². The number of hydrogen-bond acceptors (Lipinski definition) is 4. The first kappa shape index (κ1) is 28.6. The van der Waals surface area contributed by atoms with Gasteiger partial charge >= 0.3 is 6.03 Å². The van der Waals surface area contributed by atoms with Crippen LogP contribution in [0.4, 0.5) is 4.79 Å². The molecular weight excluding hydrogens is 473 g/mol. The van der Waals surface area contributed by atoms with E-state index in [1.807, 2.05) is 6.92 Å². The van der Waals surface area contributed by atoms with Gasteiger partial charge in [0.1, 0.15) is 12.9 Å². The average Bonchev–Trinajstić information content (AvgIpc) is 3.28. The second-order valence-electron chi connectivity index (χ2n) is 7.37. The maximum atomic E-state index is 12.3. The van der Waals surface area contributed by atoms with Gasteiger partial charge in [0.2, 0.25) is 0 Å². The van der Waals surface area contributed by atoms with Gasteiger partial charge in [-0.2, -0.15) is 0 Å². The highest BCUT2D eigenvalue weighted by atomic mass is 35.5. The van der Waals surface area contributed by atoms with Crippen LogP contribution in [0.15, 0.2) is 30.9 Å². The number of amides is 1. The molecule has 32 heavy (non-hydrogen) atoms. The van der Waals surface area contributed by atoms with Crippen molar-refractivity contribution in [1.29, 1.82) is 0 Å². The van der Waals surface area contributed by atoms with Crippen LogP contribution < -0.4 is 4.74 Å². The number of halogens is 3. The van der Waals surface area contributed by atoms with Crippen LogP contribution in [0.2, 0.25) is 15.1 Å². The molecule has 0 saturated carbocycles. The van der Waals surface area contributed by atoms with Crippen molar-refractivity contribution in [2.45, 2.75) is 65.4 Å². The van der Waals surface area contributed by atoms with Gasteiger partial charge in [0.25, 0.3) is 0 Å². The Morgan fingerprint density at radius 1 is 1.09 bits per heavy atom. The summed E-state index contributed by atoms with van der Waals surface area (Å²) in [5.41, 5.74) is 0. The normalized spacial score (nSPS) is 11.5. The summed E-state index contributed by atoms with van der Waals surface area (Å²) >= 11 is 18.0. The van der Waals surface area contributed by atoms with Crippen molar-refractivity contribution >= 4 is 40.8 Å². The molecule has 2 aromatic rings. The Morgan fingerprint density at radius 2 is 1.78 bits per heavy atom. The summed E-state index contributed by atoms with van der Waals surface area (Å²) in [7, 11) is 0. The summed E-state index contributed by atoms with van der Waals surface area (Å²) in [6.45, 7) is 7.54. The number of aliphatic hydroxyl groups excluding tert-OH is 1. The molecule has 9 heteroatoms. The Kier molecular flexibility index (Phi) is 14.5. The molecule has 1 heterocycles. The van der Waals surface area contributed by atoms with Gasteiger partial charge in [-0.05, 0) is 31.4 Å². The molecule has 0 aliphatic heterocycles. The predicted octanol–water partition coefficient (Wildman–Crippen LogP) is 6.94. The van der Waals surface area contributed by atoms with Crippen molar-refractivity contribution in [3.8, 4) is 5.75 Å². The molecule has 1 atom stereocenters. The van der Waals surface area contributed by atoms with E-state index in [1.165, 1.54) is 23.7 Å². The van der Waals surface area contributed by atoms with Crippen LogP contribution in [0, 0.1) is 0 Å². The average molecular weight is 507 g/mol. The minimum Gasteiger partial charge on any atom is -0.489 e. The lowest BCUT2D eigenvalue weighted by molar-refractivity contribution is 0.150. The molecule has 2 rings (SSSR count). The number of ether oxygens (including phenoxy) is 1. The molecule has 6 nitrogen and oxygen atoms in total. The monoisotopic (exact) mass is 505 g/mol. The molecule has 0 aliphatic carbocycles. The van der Waals surface area contributed by atoms with Gasteiger partial charge in [0, 0.05) is 24.0 Å². The quantitative estimate of drug-likeness (QED) is 0.358. The molecule has 0 bridgehead atoms. The highest BCUT2D eigenvalue weighted by Crippen LogP contribution is 2.35. The second kappa shape index (κ2) is 16.2. The molecule has 1 N–H and O–H groups in total. The Hall–Kier alpha value is -1.47. The zero-order valence-electron chi connectivity index (χ0n) is 19.1. The first-order valence-corrected chi connectivity index (χ1v) is 12.2. The van der Waals surface area contributed by atoms with Crippen LogP contribution in [0.1, 0.15) is 59.3 Å². The van der Waals surface area contributed by atoms with Crippen LogP contribution in [0.25, 0.3) is 0 Å².